The molecule has 0 saturated heterocycles. The molecule has 0 aliphatic rings. The van der Waals surface area contributed by atoms with Crippen LogP contribution in [0.3, 0.4) is 0 Å². The van der Waals surface area contributed by atoms with Crippen molar-refractivity contribution in [3.05, 3.63) is 28.8 Å². The van der Waals surface area contributed by atoms with Crippen LogP contribution in [0.1, 0.15) is 32.4 Å². The van der Waals surface area contributed by atoms with Gasteiger partial charge in [0.25, 0.3) is 0 Å². The first kappa shape index (κ1) is 13.3. The zero-order chi connectivity index (χ0) is 12.3. The van der Waals surface area contributed by atoms with E-state index in [4.69, 9.17) is 22.1 Å². The van der Waals surface area contributed by atoms with Crippen LogP contribution in [0.5, 0.6) is 5.75 Å². The third-order valence-corrected chi connectivity index (χ3v) is 3.40. The molecule has 2 N–H and O–H groups in total. The van der Waals surface area contributed by atoms with Gasteiger partial charge in [0.05, 0.1) is 7.11 Å². The molecule has 0 spiro atoms. The fourth-order valence-electron chi connectivity index (χ4n) is 1.66. The molecule has 2 atom stereocenters. The van der Waals surface area contributed by atoms with E-state index in [2.05, 4.69) is 20.8 Å². The van der Waals surface area contributed by atoms with Crippen LogP contribution in [0.15, 0.2) is 18.2 Å². The average molecular weight is 242 g/mol. The summed E-state index contributed by atoms with van der Waals surface area (Å²) in [6.07, 6.45) is 0. The van der Waals surface area contributed by atoms with E-state index in [9.17, 15) is 0 Å². The minimum Gasteiger partial charge on any atom is -0.496 e. The molecular formula is C13H20ClNO. The van der Waals surface area contributed by atoms with Gasteiger partial charge in [-0.1, -0.05) is 32.4 Å². The Morgan fingerprint density at radius 3 is 2.38 bits per heavy atom. The van der Waals surface area contributed by atoms with Crippen LogP contribution in [0.2, 0.25) is 5.02 Å². The molecule has 1 rings (SSSR count). The molecule has 1 aromatic rings. The lowest BCUT2D eigenvalue weighted by Crippen LogP contribution is -2.23. The minimum absolute atomic E-state index is 0.0475. The van der Waals surface area contributed by atoms with Crippen molar-refractivity contribution in [1.82, 2.24) is 0 Å². The molecule has 1 aromatic carbocycles. The van der Waals surface area contributed by atoms with Gasteiger partial charge >= 0.3 is 0 Å². The second-order valence-electron chi connectivity index (χ2n) is 4.52. The first-order chi connectivity index (χ1) is 7.47. The van der Waals surface area contributed by atoms with E-state index in [0.717, 1.165) is 11.3 Å². The van der Waals surface area contributed by atoms with E-state index in [1.807, 2.05) is 18.2 Å². The smallest absolute Gasteiger partial charge is 0.123 e. The molecule has 0 aromatic heterocycles. The van der Waals surface area contributed by atoms with Crippen molar-refractivity contribution >= 4 is 11.6 Å². The fraction of sp³-hybridized carbons (Fsp3) is 0.538. The SMILES string of the molecule is COc1ccc(Cl)cc1C(N)C(C)C(C)C. The molecule has 0 aliphatic heterocycles. The monoisotopic (exact) mass is 241 g/mol. The fourth-order valence-corrected chi connectivity index (χ4v) is 1.84. The second kappa shape index (κ2) is 5.55. The van der Waals surface area contributed by atoms with Gasteiger partial charge in [-0.15, -0.1) is 0 Å². The molecule has 0 amide bonds. The number of hydrogen-bond acceptors (Lipinski definition) is 2. The summed E-state index contributed by atoms with van der Waals surface area (Å²) in [6, 6.07) is 5.53. The summed E-state index contributed by atoms with van der Waals surface area (Å²) < 4.78 is 5.31. The summed E-state index contributed by atoms with van der Waals surface area (Å²) in [5.74, 6) is 1.72. The maximum Gasteiger partial charge on any atom is 0.123 e. The number of rotatable bonds is 4. The van der Waals surface area contributed by atoms with E-state index >= 15 is 0 Å². The molecule has 90 valence electrons. The summed E-state index contributed by atoms with van der Waals surface area (Å²) in [4.78, 5) is 0. The Morgan fingerprint density at radius 1 is 1.25 bits per heavy atom. The standard InChI is InChI=1S/C13H20ClNO/c1-8(2)9(3)13(15)11-7-10(14)5-6-12(11)16-4/h5-9,13H,15H2,1-4H3. The zero-order valence-corrected chi connectivity index (χ0v) is 11.1. The van der Waals surface area contributed by atoms with E-state index in [-0.39, 0.29) is 6.04 Å². The first-order valence-electron chi connectivity index (χ1n) is 5.56. The molecule has 0 saturated carbocycles. The van der Waals surface area contributed by atoms with E-state index in [1.165, 1.54) is 0 Å². The third-order valence-electron chi connectivity index (χ3n) is 3.17. The highest BCUT2D eigenvalue weighted by molar-refractivity contribution is 6.30. The lowest BCUT2D eigenvalue weighted by atomic mass is 9.86. The van der Waals surface area contributed by atoms with Crippen LogP contribution in [0.4, 0.5) is 0 Å². The Labute approximate surface area is 103 Å². The Bertz CT molecular complexity index is 352. The maximum absolute atomic E-state index is 6.25. The van der Waals surface area contributed by atoms with Crippen LogP contribution in [0.25, 0.3) is 0 Å². The predicted molar refractivity (Wildman–Crippen MR) is 68.9 cm³/mol. The molecule has 0 heterocycles. The highest BCUT2D eigenvalue weighted by Gasteiger charge is 2.21. The highest BCUT2D eigenvalue weighted by atomic mass is 35.5. The van der Waals surface area contributed by atoms with Gasteiger partial charge in [0.2, 0.25) is 0 Å². The maximum atomic E-state index is 6.25. The van der Waals surface area contributed by atoms with Crippen LogP contribution in [-0.4, -0.2) is 7.11 Å². The minimum atomic E-state index is -0.0475. The van der Waals surface area contributed by atoms with Gasteiger partial charge in [0.1, 0.15) is 5.75 Å². The molecule has 0 fully saturated rings. The second-order valence-corrected chi connectivity index (χ2v) is 4.95. The van der Waals surface area contributed by atoms with Gasteiger partial charge in [-0.2, -0.15) is 0 Å². The molecule has 2 unspecified atom stereocenters. The van der Waals surface area contributed by atoms with E-state index in [0.29, 0.717) is 16.9 Å². The largest absolute Gasteiger partial charge is 0.496 e. The molecule has 0 radical (unpaired) electrons. The Hall–Kier alpha value is -0.730. The van der Waals surface area contributed by atoms with Crippen molar-refractivity contribution in [2.75, 3.05) is 7.11 Å². The van der Waals surface area contributed by atoms with Gasteiger partial charge < -0.3 is 10.5 Å². The summed E-state index contributed by atoms with van der Waals surface area (Å²) in [5.41, 5.74) is 7.23. The first-order valence-corrected chi connectivity index (χ1v) is 5.94. The third kappa shape index (κ3) is 2.89. The molecule has 3 heteroatoms. The molecule has 0 bridgehead atoms. The van der Waals surface area contributed by atoms with Gasteiger partial charge in [0, 0.05) is 16.6 Å². The Morgan fingerprint density at radius 2 is 1.88 bits per heavy atom. The van der Waals surface area contributed by atoms with Crippen molar-refractivity contribution in [3.8, 4) is 5.75 Å². The van der Waals surface area contributed by atoms with E-state index in [1.54, 1.807) is 7.11 Å². The van der Waals surface area contributed by atoms with Crippen LogP contribution < -0.4 is 10.5 Å². The van der Waals surface area contributed by atoms with Crippen LogP contribution >= 0.6 is 11.6 Å². The van der Waals surface area contributed by atoms with Gasteiger partial charge in [0.15, 0.2) is 0 Å². The summed E-state index contributed by atoms with van der Waals surface area (Å²) in [5, 5.41) is 0.696. The van der Waals surface area contributed by atoms with Gasteiger partial charge in [-0.05, 0) is 30.0 Å². The lowest BCUT2D eigenvalue weighted by molar-refractivity contribution is 0.338. The quantitative estimate of drug-likeness (QED) is 0.874. The normalized spacial score (nSPS) is 14.9. The van der Waals surface area contributed by atoms with Crippen LogP contribution in [-0.2, 0) is 0 Å². The zero-order valence-electron chi connectivity index (χ0n) is 10.3. The summed E-state index contributed by atoms with van der Waals surface area (Å²) in [6.45, 7) is 6.48. The van der Waals surface area contributed by atoms with Crippen molar-refractivity contribution in [2.24, 2.45) is 17.6 Å². The van der Waals surface area contributed by atoms with Crippen molar-refractivity contribution < 1.29 is 4.74 Å². The van der Waals surface area contributed by atoms with Crippen molar-refractivity contribution in [1.29, 1.82) is 0 Å². The molecular weight excluding hydrogens is 222 g/mol. The Balaban J connectivity index is 3.05. The predicted octanol–water partition coefficient (Wildman–Crippen LogP) is 3.64. The van der Waals surface area contributed by atoms with Crippen LogP contribution in [0, 0.1) is 11.8 Å². The van der Waals surface area contributed by atoms with Gasteiger partial charge in [-0.25, -0.2) is 0 Å². The number of benzene rings is 1. The molecule has 2 nitrogen and oxygen atoms in total. The summed E-state index contributed by atoms with van der Waals surface area (Å²) in [7, 11) is 1.65. The molecule has 16 heavy (non-hydrogen) atoms. The number of nitrogens with two attached hydrogens (primary N) is 1. The highest BCUT2D eigenvalue weighted by Crippen LogP contribution is 2.33. The molecule has 0 aliphatic carbocycles. The number of hydrogen-bond donors (Lipinski definition) is 1. The van der Waals surface area contributed by atoms with Crippen molar-refractivity contribution in [2.45, 2.75) is 26.8 Å². The summed E-state index contributed by atoms with van der Waals surface area (Å²) >= 11 is 5.99. The van der Waals surface area contributed by atoms with Gasteiger partial charge in [-0.3, -0.25) is 0 Å². The van der Waals surface area contributed by atoms with E-state index < -0.39 is 0 Å². The number of halogens is 1. The average Bonchev–Trinajstić information content (AvgIpc) is 2.26. The lowest BCUT2D eigenvalue weighted by Gasteiger charge is -2.25. The van der Waals surface area contributed by atoms with Crippen molar-refractivity contribution in [3.63, 3.8) is 0 Å². The number of methoxy groups -OCH3 is 1. The number of ether oxygens (including phenoxy) is 1. The topological polar surface area (TPSA) is 35.2 Å². The Kier molecular flexibility index (Phi) is 4.63.